The minimum Gasteiger partial charge on any atom is -0.349 e. The summed E-state index contributed by atoms with van der Waals surface area (Å²) >= 11 is 0. The first-order valence-corrected chi connectivity index (χ1v) is 7.75. The van der Waals surface area contributed by atoms with Gasteiger partial charge >= 0.3 is 0 Å². The van der Waals surface area contributed by atoms with Gasteiger partial charge in [-0.2, -0.15) is 0 Å². The number of rotatable bonds is 2. The molecular weight excluding hydrogens is 268 g/mol. The van der Waals surface area contributed by atoms with Crippen LogP contribution in [0.1, 0.15) is 71.4 Å². The molecule has 1 fully saturated rings. The number of aromatic amines is 1. The fourth-order valence-electron chi connectivity index (χ4n) is 3.25. The summed E-state index contributed by atoms with van der Waals surface area (Å²) in [6.07, 6.45) is 7.31. The van der Waals surface area contributed by atoms with Gasteiger partial charge in [0.15, 0.2) is 5.78 Å². The van der Waals surface area contributed by atoms with Crippen LogP contribution in [0.3, 0.4) is 0 Å². The molecule has 1 saturated carbocycles. The van der Waals surface area contributed by atoms with E-state index in [-0.39, 0.29) is 23.3 Å². The van der Waals surface area contributed by atoms with E-state index in [0.29, 0.717) is 24.1 Å². The molecule has 2 aliphatic rings. The van der Waals surface area contributed by atoms with Crippen LogP contribution in [0, 0.1) is 0 Å². The van der Waals surface area contributed by atoms with Crippen molar-refractivity contribution in [3.8, 4) is 0 Å². The van der Waals surface area contributed by atoms with E-state index in [9.17, 15) is 14.4 Å². The number of pyridine rings is 1. The Morgan fingerprint density at radius 3 is 2.62 bits per heavy atom. The molecule has 1 heterocycles. The summed E-state index contributed by atoms with van der Waals surface area (Å²) in [5.74, 6) is -0.344. The molecule has 3 rings (SSSR count). The number of amides is 1. The molecule has 1 amide bonds. The van der Waals surface area contributed by atoms with Crippen molar-refractivity contribution in [2.75, 3.05) is 0 Å². The third kappa shape index (κ3) is 2.91. The highest BCUT2D eigenvalue weighted by Crippen LogP contribution is 2.20. The first kappa shape index (κ1) is 14.0. The molecule has 112 valence electrons. The van der Waals surface area contributed by atoms with Crippen molar-refractivity contribution in [1.29, 1.82) is 0 Å². The largest absolute Gasteiger partial charge is 0.349 e. The number of aromatic nitrogens is 1. The van der Waals surface area contributed by atoms with Gasteiger partial charge in [-0.25, -0.2) is 0 Å². The van der Waals surface area contributed by atoms with E-state index in [1.54, 1.807) is 0 Å². The van der Waals surface area contributed by atoms with Crippen molar-refractivity contribution >= 4 is 11.7 Å². The van der Waals surface area contributed by atoms with Gasteiger partial charge in [-0.1, -0.05) is 19.3 Å². The molecular formula is C16H20N2O3. The lowest BCUT2D eigenvalue weighted by molar-refractivity contribution is 0.0926. The summed E-state index contributed by atoms with van der Waals surface area (Å²) in [4.78, 5) is 39.0. The number of nitrogens with one attached hydrogen (secondary N) is 2. The van der Waals surface area contributed by atoms with Gasteiger partial charge in [0.25, 0.3) is 11.5 Å². The summed E-state index contributed by atoms with van der Waals surface area (Å²) in [5.41, 5.74) is 0.853. The van der Waals surface area contributed by atoms with E-state index in [4.69, 9.17) is 0 Å². The molecule has 1 aromatic heterocycles. The van der Waals surface area contributed by atoms with E-state index in [0.717, 1.165) is 32.1 Å². The SMILES string of the molecule is O=C1CCCc2[nH]c(=O)c(C(=O)NC3CCCCC3)cc21. The van der Waals surface area contributed by atoms with Crippen LogP contribution in [0.15, 0.2) is 10.9 Å². The quantitative estimate of drug-likeness (QED) is 0.873. The van der Waals surface area contributed by atoms with Gasteiger partial charge in [-0.15, -0.1) is 0 Å². The molecule has 0 aromatic carbocycles. The van der Waals surface area contributed by atoms with Gasteiger partial charge in [-0.05, 0) is 31.7 Å². The van der Waals surface area contributed by atoms with Crippen molar-refractivity contribution in [3.05, 3.63) is 33.2 Å². The Hall–Kier alpha value is -1.91. The third-order valence-electron chi connectivity index (χ3n) is 4.44. The maximum Gasteiger partial charge on any atom is 0.261 e. The zero-order chi connectivity index (χ0) is 14.8. The molecule has 0 atom stereocenters. The molecule has 0 aliphatic heterocycles. The highest BCUT2D eigenvalue weighted by atomic mass is 16.2. The van der Waals surface area contributed by atoms with Crippen molar-refractivity contribution < 1.29 is 9.59 Å². The van der Waals surface area contributed by atoms with Crippen LogP contribution in [0.5, 0.6) is 0 Å². The topological polar surface area (TPSA) is 79.0 Å². The highest BCUT2D eigenvalue weighted by molar-refractivity contribution is 6.01. The number of hydrogen-bond donors (Lipinski definition) is 2. The van der Waals surface area contributed by atoms with Crippen LogP contribution in [0.2, 0.25) is 0 Å². The maximum atomic E-state index is 12.3. The number of carbonyl (C=O) groups excluding carboxylic acids is 2. The van der Waals surface area contributed by atoms with Crippen LogP contribution >= 0.6 is 0 Å². The molecule has 0 spiro atoms. The zero-order valence-corrected chi connectivity index (χ0v) is 12.0. The minimum atomic E-state index is -0.392. The van der Waals surface area contributed by atoms with Crippen molar-refractivity contribution in [2.24, 2.45) is 0 Å². The lowest BCUT2D eigenvalue weighted by atomic mass is 9.93. The molecule has 0 saturated heterocycles. The van der Waals surface area contributed by atoms with Crippen molar-refractivity contribution in [1.82, 2.24) is 10.3 Å². The average molecular weight is 288 g/mol. The minimum absolute atomic E-state index is 0.0132. The van der Waals surface area contributed by atoms with E-state index in [1.807, 2.05) is 0 Å². The Morgan fingerprint density at radius 2 is 1.86 bits per heavy atom. The summed E-state index contributed by atoms with van der Waals surface area (Å²) in [6, 6.07) is 1.63. The van der Waals surface area contributed by atoms with E-state index >= 15 is 0 Å². The molecule has 2 N–H and O–H groups in total. The fourth-order valence-corrected chi connectivity index (χ4v) is 3.25. The molecule has 2 aliphatic carbocycles. The second-order valence-corrected chi connectivity index (χ2v) is 5.99. The molecule has 0 bridgehead atoms. The van der Waals surface area contributed by atoms with Crippen LogP contribution in [0.25, 0.3) is 0 Å². The Labute approximate surface area is 123 Å². The molecule has 1 aromatic rings. The Kier molecular flexibility index (Phi) is 3.90. The lowest BCUT2D eigenvalue weighted by Crippen LogP contribution is -2.39. The predicted molar refractivity (Wildman–Crippen MR) is 78.7 cm³/mol. The van der Waals surface area contributed by atoms with E-state index < -0.39 is 5.56 Å². The van der Waals surface area contributed by atoms with Crippen molar-refractivity contribution in [2.45, 2.75) is 57.4 Å². The lowest BCUT2D eigenvalue weighted by Gasteiger charge is -2.23. The normalized spacial score (nSPS) is 19.1. The number of aryl methyl sites for hydroxylation is 1. The van der Waals surface area contributed by atoms with Gasteiger partial charge in [0.2, 0.25) is 0 Å². The first-order valence-electron chi connectivity index (χ1n) is 7.75. The molecule has 5 nitrogen and oxygen atoms in total. The zero-order valence-electron chi connectivity index (χ0n) is 12.0. The molecule has 0 unspecified atom stereocenters. The number of ketones is 1. The van der Waals surface area contributed by atoms with E-state index in [2.05, 4.69) is 10.3 Å². The van der Waals surface area contributed by atoms with Gasteiger partial charge in [0.1, 0.15) is 5.56 Å². The van der Waals surface area contributed by atoms with Crippen LogP contribution in [0.4, 0.5) is 0 Å². The van der Waals surface area contributed by atoms with Crippen LogP contribution < -0.4 is 10.9 Å². The van der Waals surface area contributed by atoms with E-state index in [1.165, 1.54) is 12.5 Å². The highest BCUT2D eigenvalue weighted by Gasteiger charge is 2.23. The molecule has 21 heavy (non-hydrogen) atoms. The number of H-pyrrole nitrogens is 1. The predicted octanol–water partition coefficient (Wildman–Crippen LogP) is 1.96. The van der Waals surface area contributed by atoms with Gasteiger partial charge in [0, 0.05) is 23.7 Å². The van der Waals surface area contributed by atoms with Crippen molar-refractivity contribution in [3.63, 3.8) is 0 Å². The van der Waals surface area contributed by atoms with Crippen LogP contribution in [-0.4, -0.2) is 22.7 Å². The Balaban J connectivity index is 1.84. The molecule has 5 heteroatoms. The second kappa shape index (κ2) is 5.84. The third-order valence-corrected chi connectivity index (χ3v) is 4.44. The monoisotopic (exact) mass is 288 g/mol. The van der Waals surface area contributed by atoms with Gasteiger partial charge < -0.3 is 10.3 Å². The summed E-state index contributed by atoms with van der Waals surface area (Å²) in [7, 11) is 0. The maximum absolute atomic E-state index is 12.3. The summed E-state index contributed by atoms with van der Waals surface area (Å²) in [6.45, 7) is 0. The average Bonchev–Trinajstić information content (AvgIpc) is 2.48. The first-order chi connectivity index (χ1) is 10.1. The molecule has 0 radical (unpaired) electrons. The fraction of sp³-hybridized carbons (Fsp3) is 0.562. The number of carbonyl (C=O) groups is 2. The summed E-state index contributed by atoms with van der Waals surface area (Å²) < 4.78 is 0. The smallest absolute Gasteiger partial charge is 0.261 e. The van der Waals surface area contributed by atoms with Gasteiger partial charge in [0.05, 0.1) is 0 Å². The second-order valence-electron chi connectivity index (χ2n) is 5.99. The Bertz CT molecular complexity index is 627. The summed E-state index contributed by atoms with van der Waals surface area (Å²) in [5, 5.41) is 2.93. The standard InChI is InChI=1S/C16H20N2O3/c19-14-8-4-7-13-11(14)9-12(16(21)18-13)15(20)17-10-5-2-1-3-6-10/h9-10H,1-8H2,(H,17,20)(H,18,21). The van der Waals surface area contributed by atoms with Crippen LogP contribution in [-0.2, 0) is 6.42 Å². The number of fused-ring (bicyclic) bond motifs is 1. The Morgan fingerprint density at radius 1 is 1.10 bits per heavy atom. The van der Waals surface area contributed by atoms with Gasteiger partial charge in [-0.3, -0.25) is 14.4 Å². The number of hydrogen-bond acceptors (Lipinski definition) is 3. The number of Topliss-reactive ketones (excluding diaryl/α,β-unsaturated/α-hetero) is 1.